The van der Waals surface area contributed by atoms with Crippen LogP contribution in [0.3, 0.4) is 0 Å². The highest BCUT2D eigenvalue weighted by Gasteiger charge is 2.20. The normalized spacial score (nSPS) is 12.3. The zero-order chi connectivity index (χ0) is 11.1. The standard InChI is InChI=1S/C10H14N4S/c1-10(2,3)8-7-9(12-5-11-8)14-6(4-15)13-7/h5,15H,4H2,1-3H3,(H,11,12,13,14). The lowest BCUT2D eigenvalue weighted by Gasteiger charge is -2.17. The van der Waals surface area contributed by atoms with Gasteiger partial charge in [-0.3, -0.25) is 0 Å². The molecule has 0 unspecified atom stereocenters. The van der Waals surface area contributed by atoms with Crippen molar-refractivity contribution in [2.75, 3.05) is 0 Å². The van der Waals surface area contributed by atoms with Crippen LogP contribution in [0.5, 0.6) is 0 Å². The van der Waals surface area contributed by atoms with E-state index in [9.17, 15) is 0 Å². The predicted molar refractivity (Wildman–Crippen MR) is 63.1 cm³/mol. The lowest BCUT2D eigenvalue weighted by Crippen LogP contribution is -2.14. The van der Waals surface area contributed by atoms with E-state index in [1.54, 1.807) is 6.33 Å². The van der Waals surface area contributed by atoms with Crippen LogP contribution in [0.2, 0.25) is 0 Å². The maximum Gasteiger partial charge on any atom is 0.181 e. The number of H-pyrrole nitrogens is 1. The number of aromatic nitrogens is 4. The monoisotopic (exact) mass is 222 g/mol. The number of hydrogen-bond donors (Lipinski definition) is 2. The van der Waals surface area contributed by atoms with Crippen molar-refractivity contribution in [2.45, 2.75) is 31.9 Å². The molecule has 15 heavy (non-hydrogen) atoms. The highest BCUT2D eigenvalue weighted by molar-refractivity contribution is 7.79. The molecule has 80 valence electrons. The molecule has 4 nitrogen and oxygen atoms in total. The minimum Gasteiger partial charge on any atom is -0.338 e. The summed E-state index contributed by atoms with van der Waals surface area (Å²) < 4.78 is 0. The Labute approximate surface area is 94.0 Å². The van der Waals surface area contributed by atoms with Crippen molar-refractivity contribution in [3.05, 3.63) is 17.8 Å². The van der Waals surface area contributed by atoms with Gasteiger partial charge in [0.1, 0.15) is 17.7 Å². The summed E-state index contributed by atoms with van der Waals surface area (Å²) in [6.07, 6.45) is 1.56. The van der Waals surface area contributed by atoms with E-state index in [4.69, 9.17) is 0 Å². The molecule has 0 bridgehead atoms. The number of aromatic amines is 1. The zero-order valence-electron chi connectivity index (χ0n) is 9.07. The van der Waals surface area contributed by atoms with E-state index in [-0.39, 0.29) is 5.41 Å². The molecule has 1 N–H and O–H groups in total. The number of hydrogen-bond acceptors (Lipinski definition) is 4. The van der Waals surface area contributed by atoms with Gasteiger partial charge < -0.3 is 4.98 Å². The van der Waals surface area contributed by atoms with Gasteiger partial charge in [0.25, 0.3) is 0 Å². The average Bonchev–Trinajstić information content (AvgIpc) is 2.57. The van der Waals surface area contributed by atoms with Crippen LogP contribution in [0.4, 0.5) is 0 Å². The third-order valence-corrected chi connectivity index (χ3v) is 2.50. The lowest BCUT2D eigenvalue weighted by atomic mass is 9.91. The number of nitrogens with one attached hydrogen (secondary N) is 1. The summed E-state index contributed by atoms with van der Waals surface area (Å²) in [4.78, 5) is 16.0. The van der Waals surface area contributed by atoms with Gasteiger partial charge >= 0.3 is 0 Å². The number of fused-ring (bicyclic) bond motifs is 1. The van der Waals surface area contributed by atoms with Crippen LogP contribution in [0.1, 0.15) is 32.3 Å². The Morgan fingerprint density at radius 3 is 2.67 bits per heavy atom. The second kappa shape index (κ2) is 3.48. The first kappa shape index (κ1) is 10.4. The number of rotatable bonds is 1. The second-order valence-corrected chi connectivity index (χ2v) is 4.83. The van der Waals surface area contributed by atoms with Crippen molar-refractivity contribution in [3.8, 4) is 0 Å². The van der Waals surface area contributed by atoms with Crippen LogP contribution < -0.4 is 0 Å². The topological polar surface area (TPSA) is 54.5 Å². The summed E-state index contributed by atoms with van der Waals surface area (Å²) in [6, 6.07) is 0. The first-order valence-corrected chi connectivity index (χ1v) is 5.46. The molecule has 0 spiro atoms. The van der Waals surface area contributed by atoms with E-state index in [1.165, 1.54) is 0 Å². The number of thiol groups is 1. The minimum atomic E-state index is -0.0123. The molecule has 0 amide bonds. The van der Waals surface area contributed by atoms with E-state index in [2.05, 4.69) is 53.3 Å². The van der Waals surface area contributed by atoms with E-state index in [0.717, 1.165) is 22.7 Å². The Morgan fingerprint density at radius 2 is 2.07 bits per heavy atom. The summed E-state index contributed by atoms with van der Waals surface area (Å²) in [7, 11) is 0. The Kier molecular flexibility index (Phi) is 2.42. The predicted octanol–water partition coefficient (Wildman–Crippen LogP) is 2.08. The first-order chi connectivity index (χ1) is 7.02. The van der Waals surface area contributed by atoms with Gasteiger partial charge in [0.2, 0.25) is 0 Å². The fourth-order valence-corrected chi connectivity index (χ4v) is 1.67. The SMILES string of the molecule is CC(C)(C)c1ncnc2nc(CS)[nH]c12. The molecule has 0 atom stereocenters. The first-order valence-electron chi connectivity index (χ1n) is 4.83. The van der Waals surface area contributed by atoms with E-state index >= 15 is 0 Å². The third-order valence-electron chi connectivity index (χ3n) is 2.20. The Morgan fingerprint density at radius 1 is 1.33 bits per heavy atom. The van der Waals surface area contributed by atoms with E-state index in [1.807, 2.05) is 0 Å². The van der Waals surface area contributed by atoms with Crippen LogP contribution in [0.15, 0.2) is 6.33 Å². The van der Waals surface area contributed by atoms with Gasteiger partial charge in [0, 0.05) is 11.2 Å². The summed E-state index contributed by atoms with van der Waals surface area (Å²) in [5, 5.41) is 0. The molecule has 2 aromatic rings. The molecule has 0 radical (unpaired) electrons. The average molecular weight is 222 g/mol. The molecule has 2 rings (SSSR count). The van der Waals surface area contributed by atoms with Crippen molar-refractivity contribution < 1.29 is 0 Å². The van der Waals surface area contributed by atoms with Crippen molar-refractivity contribution in [1.29, 1.82) is 0 Å². The van der Waals surface area contributed by atoms with Gasteiger partial charge in [-0.15, -0.1) is 0 Å². The Bertz CT molecular complexity index is 484. The largest absolute Gasteiger partial charge is 0.338 e. The maximum absolute atomic E-state index is 4.32. The third kappa shape index (κ3) is 1.84. The molecule has 0 aliphatic carbocycles. The van der Waals surface area contributed by atoms with Crippen molar-refractivity contribution in [2.24, 2.45) is 0 Å². The van der Waals surface area contributed by atoms with Gasteiger partial charge in [0.05, 0.1) is 5.69 Å². The summed E-state index contributed by atoms with van der Waals surface area (Å²) in [5.41, 5.74) is 2.63. The molecule has 2 heterocycles. The number of nitrogens with zero attached hydrogens (tertiary/aromatic N) is 3. The summed E-state index contributed by atoms with van der Waals surface area (Å²) >= 11 is 4.19. The molecule has 0 aliphatic rings. The van der Waals surface area contributed by atoms with Crippen LogP contribution in [-0.2, 0) is 11.2 Å². The Hall–Kier alpha value is -1.10. The molecule has 0 aromatic carbocycles. The van der Waals surface area contributed by atoms with Gasteiger partial charge in [-0.2, -0.15) is 12.6 Å². The molecular weight excluding hydrogens is 208 g/mol. The van der Waals surface area contributed by atoms with Gasteiger partial charge in [-0.25, -0.2) is 15.0 Å². The molecule has 5 heteroatoms. The van der Waals surface area contributed by atoms with Gasteiger partial charge in [0.15, 0.2) is 5.65 Å². The van der Waals surface area contributed by atoms with Gasteiger partial charge in [-0.1, -0.05) is 20.8 Å². The fraction of sp³-hybridized carbons (Fsp3) is 0.500. The van der Waals surface area contributed by atoms with Crippen molar-refractivity contribution in [3.63, 3.8) is 0 Å². The number of imidazole rings is 1. The van der Waals surface area contributed by atoms with Gasteiger partial charge in [-0.05, 0) is 0 Å². The van der Waals surface area contributed by atoms with Crippen molar-refractivity contribution >= 4 is 23.8 Å². The zero-order valence-corrected chi connectivity index (χ0v) is 9.97. The highest BCUT2D eigenvalue weighted by Crippen LogP contribution is 2.25. The smallest absolute Gasteiger partial charge is 0.181 e. The van der Waals surface area contributed by atoms with Crippen LogP contribution in [0, 0.1) is 0 Å². The molecule has 0 aliphatic heterocycles. The Balaban J connectivity index is 2.70. The van der Waals surface area contributed by atoms with Crippen molar-refractivity contribution in [1.82, 2.24) is 19.9 Å². The minimum absolute atomic E-state index is 0.0123. The van der Waals surface area contributed by atoms with Crippen LogP contribution in [0.25, 0.3) is 11.2 Å². The lowest BCUT2D eigenvalue weighted by molar-refractivity contribution is 0.573. The quantitative estimate of drug-likeness (QED) is 0.726. The summed E-state index contributed by atoms with van der Waals surface area (Å²) in [5.74, 6) is 1.42. The summed E-state index contributed by atoms with van der Waals surface area (Å²) in [6.45, 7) is 6.36. The molecular formula is C10H14N4S. The second-order valence-electron chi connectivity index (χ2n) is 4.51. The van der Waals surface area contributed by atoms with E-state index < -0.39 is 0 Å². The van der Waals surface area contributed by atoms with E-state index in [0.29, 0.717) is 5.75 Å². The molecule has 2 aromatic heterocycles. The molecule has 0 saturated carbocycles. The van der Waals surface area contributed by atoms with Crippen LogP contribution in [-0.4, -0.2) is 19.9 Å². The fourth-order valence-electron chi connectivity index (χ4n) is 1.52. The highest BCUT2D eigenvalue weighted by atomic mass is 32.1. The molecule has 0 fully saturated rings. The van der Waals surface area contributed by atoms with Crippen LogP contribution >= 0.6 is 12.6 Å². The molecule has 0 saturated heterocycles. The maximum atomic E-state index is 4.32.